The van der Waals surface area contributed by atoms with Crippen molar-refractivity contribution in [3.63, 3.8) is 0 Å². The summed E-state index contributed by atoms with van der Waals surface area (Å²) >= 11 is 0. The molecule has 0 spiro atoms. The Hall–Kier alpha value is -1.27. The SMILES string of the molecule is CC(C)C1CCN(c2cc(S(=O)(=O)N(C)C)ccc2N)C1. The van der Waals surface area contributed by atoms with Gasteiger partial charge in [-0.05, 0) is 36.5 Å². The van der Waals surface area contributed by atoms with Gasteiger partial charge in [0, 0.05) is 27.2 Å². The molecule has 0 radical (unpaired) electrons. The quantitative estimate of drug-likeness (QED) is 0.864. The minimum atomic E-state index is -3.42. The minimum Gasteiger partial charge on any atom is -0.397 e. The van der Waals surface area contributed by atoms with E-state index in [1.807, 2.05) is 0 Å². The normalized spacial score (nSPS) is 19.7. The molecule has 0 aliphatic carbocycles. The molecule has 1 aromatic rings. The molecule has 21 heavy (non-hydrogen) atoms. The van der Waals surface area contributed by atoms with E-state index < -0.39 is 10.0 Å². The van der Waals surface area contributed by atoms with Crippen LogP contribution in [0.1, 0.15) is 20.3 Å². The van der Waals surface area contributed by atoms with Gasteiger partial charge < -0.3 is 10.6 Å². The lowest BCUT2D eigenvalue weighted by molar-refractivity contribution is 0.423. The van der Waals surface area contributed by atoms with Gasteiger partial charge in [-0.25, -0.2) is 12.7 Å². The molecule has 2 N–H and O–H groups in total. The summed E-state index contributed by atoms with van der Waals surface area (Å²) in [6, 6.07) is 4.96. The first-order chi connectivity index (χ1) is 9.73. The van der Waals surface area contributed by atoms with Gasteiger partial charge in [0.05, 0.1) is 16.3 Å². The smallest absolute Gasteiger partial charge is 0.242 e. The van der Waals surface area contributed by atoms with E-state index in [9.17, 15) is 8.42 Å². The van der Waals surface area contributed by atoms with Crippen LogP contribution in [-0.4, -0.2) is 39.9 Å². The molecule has 1 heterocycles. The molecule has 6 heteroatoms. The fraction of sp³-hybridized carbons (Fsp3) is 0.600. The maximum atomic E-state index is 12.2. The molecule has 1 atom stereocenters. The second-order valence-corrected chi connectivity index (χ2v) is 8.40. The summed E-state index contributed by atoms with van der Waals surface area (Å²) in [5, 5.41) is 0. The number of nitrogens with zero attached hydrogens (tertiary/aromatic N) is 2. The zero-order valence-corrected chi connectivity index (χ0v) is 14.0. The van der Waals surface area contributed by atoms with Crippen molar-refractivity contribution in [2.24, 2.45) is 11.8 Å². The zero-order valence-electron chi connectivity index (χ0n) is 13.2. The highest BCUT2D eigenvalue weighted by Gasteiger charge is 2.27. The van der Waals surface area contributed by atoms with Crippen LogP contribution in [-0.2, 0) is 10.0 Å². The van der Waals surface area contributed by atoms with Crippen LogP contribution in [0.4, 0.5) is 11.4 Å². The Labute approximate surface area is 127 Å². The molecule has 0 aromatic heterocycles. The number of sulfonamides is 1. The highest BCUT2D eigenvalue weighted by molar-refractivity contribution is 7.89. The molecule has 1 aliphatic heterocycles. The zero-order chi connectivity index (χ0) is 15.8. The van der Waals surface area contributed by atoms with Crippen molar-refractivity contribution >= 4 is 21.4 Å². The molecule has 5 nitrogen and oxygen atoms in total. The number of nitrogens with two attached hydrogens (primary N) is 1. The van der Waals surface area contributed by atoms with E-state index in [1.54, 1.807) is 18.2 Å². The molecule has 118 valence electrons. The van der Waals surface area contributed by atoms with E-state index in [2.05, 4.69) is 18.7 Å². The lowest BCUT2D eigenvalue weighted by Gasteiger charge is -2.23. The first-order valence-electron chi connectivity index (χ1n) is 7.30. The molecule has 1 unspecified atom stereocenters. The second kappa shape index (κ2) is 5.85. The molecule has 2 rings (SSSR count). The van der Waals surface area contributed by atoms with Gasteiger partial charge in [0.15, 0.2) is 0 Å². The fourth-order valence-corrected chi connectivity index (χ4v) is 3.64. The van der Waals surface area contributed by atoms with Crippen LogP contribution in [0.3, 0.4) is 0 Å². The number of hydrogen-bond acceptors (Lipinski definition) is 4. The lowest BCUT2D eigenvalue weighted by Crippen LogP contribution is -2.25. The average Bonchev–Trinajstić information content (AvgIpc) is 2.88. The van der Waals surface area contributed by atoms with Gasteiger partial charge in [-0.1, -0.05) is 13.8 Å². The molecule has 1 aliphatic rings. The standard InChI is InChI=1S/C15H25N3O2S/c1-11(2)12-7-8-18(10-12)15-9-13(5-6-14(15)16)21(19,20)17(3)4/h5-6,9,11-12H,7-8,10,16H2,1-4H3. The van der Waals surface area contributed by atoms with E-state index in [0.29, 0.717) is 22.4 Å². The molecule has 1 aromatic carbocycles. The fourth-order valence-electron chi connectivity index (χ4n) is 2.72. The molecule has 1 saturated heterocycles. The summed E-state index contributed by atoms with van der Waals surface area (Å²) in [5.41, 5.74) is 7.53. The van der Waals surface area contributed by atoms with Crippen LogP contribution in [0, 0.1) is 11.8 Å². The van der Waals surface area contributed by atoms with Crippen molar-refractivity contribution in [1.29, 1.82) is 0 Å². The topological polar surface area (TPSA) is 66.6 Å². The largest absolute Gasteiger partial charge is 0.397 e. The number of benzene rings is 1. The Morgan fingerprint density at radius 3 is 2.52 bits per heavy atom. The summed E-state index contributed by atoms with van der Waals surface area (Å²) in [5.74, 6) is 1.27. The van der Waals surface area contributed by atoms with Crippen molar-refractivity contribution in [2.45, 2.75) is 25.2 Å². The summed E-state index contributed by atoms with van der Waals surface area (Å²) in [6.07, 6.45) is 1.13. The van der Waals surface area contributed by atoms with Gasteiger partial charge in [0.2, 0.25) is 10.0 Å². The van der Waals surface area contributed by atoms with Crippen molar-refractivity contribution < 1.29 is 8.42 Å². The van der Waals surface area contributed by atoms with E-state index in [4.69, 9.17) is 5.73 Å². The number of rotatable bonds is 4. The van der Waals surface area contributed by atoms with Crippen LogP contribution in [0.15, 0.2) is 23.1 Å². The van der Waals surface area contributed by atoms with E-state index in [-0.39, 0.29) is 0 Å². The van der Waals surface area contributed by atoms with Crippen molar-refractivity contribution in [3.8, 4) is 0 Å². The Bertz CT molecular complexity index is 611. The second-order valence-electron chi connectivity index (χ2n) is 6.25. The summed E-state index contributed by atoms with van der Waals surface area (Å²) in [7, 11) is -0.349. The van der Waals surface area contributed by atoms with Crippen molar-refractivity contribution in [3.05, 3.63) is 18.2 Å². The van der Waals surface area contributed by atoms with Gasteiger partial charge >= 0.3 is 0 Å². The van der Waals surface area contributed by atoms with E-state index in [0.717, 1.165) is 25.2 Å². The van der Waals surface area contributed by atoms with Gasteiger partial charge in [-0.3, -0.25) is 0 Å². The average molecular weight is 311 g/mol. The molecule has 1 fully saturated rings. The number of anilines is 2. The van der Waals surface area contributed by atoms with Gasteiger partial charge in [0.25, 0.3) is 0 Å². The van der Waals surface area contributed by atoms with Crippen molar-refractivity contribution in [2.75, 3.05) is 37.8 Å². The summed E-state index contributed by atoms with van der Waals surface area (Å²) < 4.78 is 25.7. The van der Waals surface area contributed by atoms with E-state index >= 15 is 0 Å². The molecular formula is C15H25N3O2S. The van der Waals surface area contributed by atoms with Crippen LogP contribution in [0.5, 0.6) is 0 Å². The highest BCUT2D eigenvalue weighted by atomic mass is 32.2. The first-order valence-corrected chi connectivity index (χ1v) is 8.74. The number of hydrogen-bond donors (Lipinski definition) is 1. The Morgan fingerprint density at radius 2 is 2.00 bits per heavy atom. The minimum absolute atomic E-state index is 0.296. The summed E-state index contributed by atoms with van der Waals surface area (Å²) in [4.78, 5) is 2.50. The third kappa shape index (κ3) is 3.16. The highest BCUT2D eigenvalue weighted by Crippen LogP contribution is 2.33. The lowest BCUT2D eigenvalue weighted by atomic mass is 9.95. The molecule has 0 bridgehead atoms. The Kier molecular flexibility index (Phi) is 4.49. The van der Waals surface area contributed by atoms with E-state index in [1.165, 1.54) is 18.4 Å². The van der Waals surface area contributed by atoms with Gasteiger partial charge in [-0.2, -0.15) is 0 Å². The first kappa shape index (κ1) is 16.1. The van der Waals surface area contributed by atoms with Crippen LogP contribution < -0.4 is 10.6 Å². The van der Waals surface area contributed by atoms with Crippen molar-refractivity contribution in [1.82, 2.24) is 4.31 Å². The van der Waals surface area contributed by atoms with Crippen LogP contribution in [0.25, 0.3) is 0 Å². The van der Waals surface area contributed by atoms with Crippen LogP contribution in [0.2, 0.25) is 0 Å². The summed E-state index contributed by atoms with van der Waals surface area (Å²) in [6.45, 7) is 6.32. The van der Waals surface area contributed by atoms with Gasteiger partial charge in [0.1, 0.15) is 0 Å². The Balaban J connectivity index is 2.33. The monoisotopic (exact) mass is 311 g/mol. The predicted molar refractivity (Wildman–Crippen MR) is 86.9 cm³/mol. The third-order valence-electron chi connectivity index (χ3n) is 4.29. The third-order valence-corrected chi connectivity index (χ3v) is 6.10. The maximum absolute atomic E-state index is 12.2. The predicted octanol–water partition coefficient (Wildman–Crippen LogP) is 2.00. The molecule has 0 saturated carbocycles. The van der Waals surface area contributed by atoms with Crippen LogP contribution >= 0.6 is 0 Å². The Morgan fingerprint density at radius 1 is 1.33 bits per heavy atom. The number of nitrogen functional groups attached to an aromatic ring is 1. The maximum Gasteiger partial charge on any atom is 0.242 e. The molecule has 0 amide bonds. The van der Waals surface area contributed by atoms with Gasteiger partial charge in [-0.15, -0.1) is 0 Å². The molecular weight excluding hydrogens is 286 g/mol.